The van der Waals surface area contributed by atoms with Gasteiger partial charge in [0.25, 0.3) is 0 Å². The number of anilines is 1. The summed E-state index contributed by atoms with van der Waals surface area (Å²) in [7, 11) is 3.22. The van der Waals surface area contributed by atoms with Gasteiger partial charge in [-0.25, -0.2) is 0 Å². The molecule has 2 aliphatic carbocycles. The van der Waals surface area contributed by atoms with Crippen LogP contribution in [0.25, 0.3) is 33.2 Å². The summed E-state index contributed by atoms with van der Waals surface area (Å²) >= 11 is 0. The van der Waals surface area contributed by atoms with Gasteiger partial charge in [0.1, 0.15) is 11.5 Å². The molecule has 0 aliphatic heterocycles. The summed E-state index contributed by atoms with van der Waals surface area (Å²) in [4.78, 5) is 24.7. The van der Waals surface area contributed by atoms with E-state index in [4.69, 9.17) is 30.2 Å². The molecule has 4 aromatic carbocycles. The monoisotopic (exact) mass is 590 g/mol. The lowest BCUT2D eigenvalue weighted by Gasteiger charge is -2.14. The van der Waals surface area contributed by atoms with Gasteiger partial charge in [0.05, 0.1) is 19.7 Å². The summed E-state index contributed by atoms with van der Waals surface area (Å²) in [6, 6.07) is 26.4. The molecule has 2 aliphatic rings. The van der Waals surface area contributed by atoms with E-state index >= 15 is 0 Å². The maximum Gasteiger partial charge on any atom is 0.321 e. The van der Waals surface area contributed by atoms with Crippen molar-refractivity contribution in [1.29, 1.82) is 0 Å². The molecule has 0 bridgehead atoms. The number of nitrogen functional groups attached to an aromatic ring is 1. The van der Waals surface area contributed by atoms with E-state index in [2.05, 4.69) is 41.4 Å². The van der Waals surface area contributed by atoms with Crippen LogP contribution in [0.3, 0.4) is 0 Å². The number of nitrogens with zero attached hydrogens (tertiary/aromatic N) is 1. The first-order chi connectivity index (χ1) is 21.3. The topological polar surface area (TPSA) is 141 Å². The van der Waals surface area contributed by atoms with E-state index in [0.29, 0.717) is 17.2 Å². The molecule has 1 heterocycles. The summed E-state index contributed by atoms with van der Waals surface area (Å²) < 4.78 is 17.1. The summed E-state index contributed by atoms with van der Waals surface area (Å²) in [6.45, 7) is 0. The van der Waals surface area contributed by atoms with E-state index in [0.717, 1.165) is 39.9 Å². The molecule has 7 rings (SSSR count). The molecule has 5 aromatic rings. The highest BCUT2D eigenvalue weighted by Crippen LogP contribution is 2.46. The van der Waals surface area contributed by atoms with Gasteiger partial charge in [-0.15, -0.1) is 0 Å². The Morgan fingerprint density at radius 1 is 0.795 bits per heavy atom. The maximum absolute atomic E-state index is 10.1. The number of benzene rings is 4. The first-order valence-electron chi connectivity index (χ1n) is 14.0. The van der Waals surface area contributed by atoms with Crippen LogP contribution in [0, 0.1) is 5.41 Å². The third kappa shape index (κ3) is 5.02. The van der Waals surface area contributed by atoms with Crippen molar-refractivity contribution in [2.45, 2.75) is 19.3 Å². The van der Waals surface area contributed by atoms with Crippen LogP contribution >= 0.6 is 0 Å². The zero-order valence-corrected chi connectivity index (χ0v) is 24.2. The van der Waals surface area contributed by atoms with E-state index in [9.17, 15) is 9.59 Å². The molecule has 0 unspecified atom stereocenters. The zero-order chi connectivity index (χ0) is 31.0. The first kappa shape index (κ1) is 28.5. The highest BCUT2D eigenvalue weighted by molar-refractivity contribution is 6.01. The van der Waals surface area contributed by atoms with Gasteiger partial charge in [-0.1, -0.05) is 48.5 Å². The molecular formula is C35H30N2O7. The summed E-state index contributed by atoms with van der Waals surface area (Å²) in [5.74, 6) is 0.248. The van der Waals surface area contributed by atoms with Crippen molar-refractivity contribution >= 4 is 28.5 Å². The number of rotatable bonds is 7. The Labute approximate surface area is 253 Å². The number of ether oxygens (including phenoxy) is 3. The number of fused-ring (bicyclic) bond motifs is 4. The molecule has 1 saturated carbocycles. The molecule has 222 valence electrons. The van der Waals surface area contributed by atoms with Crippen LogP contribution < -0.4 is 19.9 Å². The summed E-state index contributed by atoms with van der Waals surface area (Å²) in [5.41, 5.74) is 14.0. The average Bonchev–Trinajstić information content (AvgIpc) is 3.78. The van der Waals surface area contributed by atoms with Crippen LogP contribution in [0.1, 0.15) is 24.0 Å². The first-order valence-corrected chi connectivity index (χ1v) is 14.0. The Balaban J connectivity index is 0.000000329. The average molecular weight is 591 g/mol. The fourth-order valence-corrected chi connectivity index (χ4v) is 5.50. The second-order valence-corrected chi connectivity index (χ2v) is 10.7. The molecule has 0 radical (unpaired) electrons. The fourth-order valence-electron chi connectivity index (χ4n) is 5.50. The normalized spacial score (nSPS) is 13.6. The molecule has 1 aromatic heterocycles. The molecule has 44 heavy (non-hydrogen) atoms. The van der Waals surface area contributed by atoms with Crippen molar-refractivity contribution in [3.63, 3.8) is 0 Å². The molecule has 0 amide bonds. The zero-order valence-electron chi connectivity index (χ0n) is 24.2. The van der Waals surface area contributed by atoms with Gasteiger partial charge >= 0.3 is 11.9 Å². The van der Waals surface area contributed by atoms with Crippen molar-refractivity contribution in [3.05, 3.63) is 96.2 Å². The Kier molecular flexibility index (Phi) is 7.30. The smallest absolute Gasteiger partial charge is 0.321 e. The van der Waals surface area contributed by atoms with Gasteiger partial charge < -0.3 is 30.2 Å². The number of aliphatic carboxylic acids is 2. The van der Waals surface area contributed by atoms with Crippen LogP contribution in [-0.4, -0.2) is 41.4 Å². The number of carbonyl (C=O) groups is 2. The minimum Gasteiger partial charge on any atom is -0.493 e. The van der Waals surface area contributed by atoms with E-state index < -0.39 is 17.4 Å². The number of hydrogen-bond donors (Lipinski definition) is 3. The lowest BCUT2D eigenvalue weighted by molar-refractivity contribution is -0.156. The van der Waals surface area contributed by atoms with Crippen LogP contribution in [0.2, 0.25) is 0 Å². The third-order valence-corrected chi connectivity index (χ3v) is 8.20. The molecule has 0 atom stereocenters. The van der Waals surface area contributed by atoms with Gasteiger partial charge in [-0.05, 0) is 64.9 Å². The van der Waals surface area contributed by atoms with E-state index in [1.807, 2.05) is 42.5 Å². The van der Waals surface area contributed by atoms with E-state index in [-0.39, 0.29) is 12.8 Å². The van der Waals surface area contributed by atoms with Gasteiger partial charge in [0.2, 0.25) is 0 Å². The standard InChI is InChI=1S/C30H24N2O3.C5H6O4/c1-33-28-16-25-26(17-29(28)34-2)32-14-13-27(25)35-20-9-7-18(8-10-20)22-11-12-23-21-6-4-3-5-19(21)15-24(23)30(22)31;6-3(7)5(1-2-5)4(8)9/h3-14,16-17H,15,31H2,1-2H3;1-2H2,(H,6,7)(H,8,9). The number of carboxylic acids is 2. The number of pyridine rings is 1. The third-order valence-electron chi connectivity index (χ3n) is 8.20. The number of hydrogen-bond acceptors (Lipinski definition) is 7. The highest BCUT2D eigenvalue weighted by Gasteiger charge is 2.57. The molecule has 4 N–H and O–H groups in total. The lowest BCUT2D eigenvalue weighted by Crippen LogP contribution is -2.24. The molecule has 9 heteroatoms. The number of methoxy groups -OCH3 is 2. The summed E-state index contributed by atoms with van der Waals surface area (Å²) in [5, 5.41) is 17.4. The lowest BCUT2D eigenvalue weighted by atomic mass is 9.96. The van der Waals surface area contributed by atoms with Crippen LogP contribution in [-0.2, 0) is 16.0 Å². The molecule has 0 spiro atoms. The molecule has 0 saturated heterocycles. The quantitative estimate of drug-likeness (QED) is 0.135. The van der Waals surface area contributed by atoms with Gasteiger partial charge in [0.15, 0.2) is 16.9 Å². The minimum absolute atomic E-state index is 0.275. The maximum atomic E-state index is 10.1. The predicted octanol–water partition coefficient (Wildman–Crippen LogP) is 6.80. The van der Waals surface area contributed by atoms with Crippen molar-refractivity contribution < 1.29 is 34.0 Å². The number of nitrogens with two attached hydrogens (primary N) is 1. The van der Waals surface area contributed by atoms with Crippen molar-refractivity contribution in [3.8, 4) is 45.3 Å². The Bertz CT molecular complexity index is 1900. The Morgan fingerprint density at radius 3 is 2.09 bits per heavy atom. The largest absolute Gasteiger partial charge is 0.493 e. The number of carboxylic acid groups (broad SMARTS) is 2. The Hall–Kier alpha value is -5.57. The van der Waals surface area contributed by atoms with Crippen molar-refractivity contribution in [2.24, 2.45) is 5.41 Å². The van der Waals surface area contributed by atoms with Gasteiger partial charge in [0, 0.05) is 35.3 Å². The van der Waals surface area contributed by atoms with E-state index in [1.165, 1.54) is 22.3 Å². The van der Waals surface area contributed by atoms with Crippen molar-refractivity contribution in [1.82, 2.24) is 4.98 Å². The van der Waals surface area contributed by atoms with Crippen LogP contribution in [0.4, 0.5) is 5.69 Å². The highest BCUT2D eigenvalue weighted by atomic mass is 16.5. The van der Waals surface area contributed by atoms with Gasteiger partial charge in [-0.2, -0.15) is 0 Å². The van der Waals surface area contributed by atoms with Crippen LogP contribution in [0.15, 0.2) is 85.1 Å². The minimum atomic E-state index is -1.42. The van der Waals surface area contributed by atoms with E-state index in [1.54, 1.807) is 20.4 Å². The fraction of sp³-hybridized carbons (Fsp3) is 0.171. The number of aromatic nitrogens is 1. The van der Waals surface area contributed by atoms with Crippen molar-refractivity contribution in [2.75, 3.05) is 20.0 Å². The molecule has 1 fully saturated rings. The summed E-state index contributed by atoms with van der Waals surface area (Å²) in [6.07, 6.45) is 3.15. The Morgan fingerprint density at radius 2 is 1.45 bits per heavy atom. The van der Waals surface area contributed by atoms with Crippen LogP contribution in [0.5, 0.6) is 23.0 Å². The predicted molar refractivity (Wildman–Crippen MR) is 166 cm³/mol. The second kappa shape index (κ2) is 11.3. The van der Waals surface area contributed by atoms with Gasteiger partial charge in [-0.3, -0.25) is 14.6 Å². The molecule has 9 nitrogen and oxygen atoms in total. The second-order valence-electron chi connectivity index (χ2n) is 10.7. The molecular weight excluding hydrogens is 560 g/mol. The SMILES string of the molecule is COc1cc2nccc(Oc3ccc(-c4ccc5c(c4N)Cc4ccccc4-5)cc3)c2cc1OC.O=C(O)C1(C(=O)O)CC1.